The van der Waals surface area contributed by atoms with E-state index in [1.54, 1.807) is 4.90 Å². The molecule has 0 aliphatic carbocycles. The molecule has 0 bridgehead atoms. The Bertz CT molecular complexity index is 526. The second kappa shape index (κ2) is 7.13. The number of likely N-dealkylation sites (tertiary alicyclic amines) is 1. The zero-order valence-electron chi connectivity index (χ0n) is 14.1. The highest BCUT2D eigenvalue weighted by Gasteiger charge is 2.27. The number of hydrogen-bond donors (Lipinski definition) is 2. The van der Waals surface area contributed by atoms with Gasteiger partial charge in [-0.15, -0.1) is 0 Å². The maximum absolute atomic E-state index is 12.3. The van der Waals surface area contributed by atoms with Gasteiger partial charge < -0.3 is 15.3 Å². The number of rotatable bonds is 4. The fourth-order valence-corrected chi connectivity index (χ4v) is 3.10. The molecule has 1 aromatic rings. The number of nitrogens with zero attached hydrogens (tertiary/aromatic N) is 3. The van der Waals surface area contributed by atoms with Crippen LogP contribution in [-0.2, 0) is 26.4 Å². The summed E-state index contributed by atoms with van der Waals surface area (Å²) in [6.07, 6.45) is 2.19. The molecule has 2 rings (SSSR count). The van der Waals surface area contributed by atoms with Crippen molar-refractivity contribution in [2.45, 2.75) is 52.7 Å². The van der Waals surface area contributed by atoms with Gasteiger partial charge in [-0.05, 0) is 25.2 Å². The van der Waals surface area contributed by atoms with Crippen LogP contribution >= 0.6 is 0 Å². The van der Waals surface area contributed by atoms with Gasteiger partial charge in [0.1, 0.15) is 0 Å². The van der Waals surface area contributed by atoms with Gasteiger partial charge in [0.15, 0.2) is 0 Å². The van der Waals surface area contributed by atoms with E-state index in [-0.39, 0.29) is 11.9 Å². The van der Waals surface area contributed by atoms with Crippen LogP contribution in [-0.4, -0.2) is 45.0 Å². The van der Waals surface area contributed by atoms with Gasteiger partial charge in [0.25, 0.3) is 0 Å². The third-order valence-corrected chi connectivity index (χ3v) is 4.65. The van der Waals surface area contributed by atoms with Crippen LogP contribution in [0.25, 0.3) is 0 Å². The molecule has 0 spiro atoms. The number of β-amino-alcohol motifs (C(OH)–C–C–N with tert-alkyl or cyclic N) is 1. The lowest BCUT2D eigenvalue weighted by Gasteiger charge is -2.34. The van der Waals surface area contributed by atoms with Crippen molar-refractivity contribution >= 4 is 6.03 Å². The number of hydrogen-bond acceptors (Lipinski definition) is 3. The van der Waals surface area contributed by atoms with Gasteiger partial charge in [0.2, 0.25) is 0 Å². The van der Waals surface area contributed by atoms with Crippen molar-refractivity contribution in [3.8, 4) is 0 Å². The fraction of sp³-hybridized carbons (Fsp3) is 0.750. The van der Waals surface area contributed by atoms with Crippen LogP contribution in [0.2, 0.25) is 0 Å². The number of nitrogens with one attached hydrogen (secondary N) is 1. The molecule has 124 valence electrons. The minimum atomic E-state index is -0.421. The van der Waals surface area contributed by atoms with Crippen LogP contribution in [0.15, 0.2) is 0 Å². The Morgan fingerprint density at radius 2 is 2.14 bits per heavy atom. The Morgan fingerprint density at radius 1 is 1.41 bits per heavy atom. The molecule has 22 heavy (non-hydrogen) atoms. The lowest BCUT2D eigenvalue weighted by Crippen LogP contribution is -2.49. The highest BCUT2D eigenvalue weighted by molar-refractivity contribution is 5.74. The normalized spacial score (nSPS) is 22.0. The maximum atomic E-state index is 12.3. The number of aliphatic hydroxyl groups excluding tert-OH is 1. The smallest absolute Gasteiger partial charge is 0.317 e. The van der Waals surface area contributed by atoms with Crippen LogP contribution in [0.4, 0.5) is 4.79 Å². The third kappa shape index (κ3) is 3.43. The second-order valence-corrected chi connectivity index (χ2v) is 6.14. The van der Waals surface area contributed by atoms with Crippen molar-refractivity contribution in [3.63, 3.8) is 0 Å². The van der Waals surface area contributed by atoms with E-state index >= 15 is 0 Å². The Balaban J connectivity index is 1.99. The molecule has 6 heteroatoms. The summed E-state index contributed by atoms with van der Waals surface area (Å²) in [5.41, 5.74) is 3.35. The highest BCUT2D eigenvalue weighted by atomic mass is 16.3. The van der Waals surface area contributed by atoms with Gasteiger partial charge in [-0.3, -0.25) is 4.68 Å². The van der Waals surface area contributed by atoms with Crippen molar-refractivity contribution in [1.29, 1.82) is 0 Å². The van der Waals surface area contributed by atoms with E-state index in [4.69, 9.17) is 0 Å². The second-order valence-electron chi connectivity index (χ2n) is 6.14. The van der Waals surface area contributed by atoms with Crippen LogP contribution in [0.5, 0.6) is 0 Å². The minimum absolute atomic E-state index is 0.0982. The topological polar surface area (TPSA) is 70.4 Å². The van der Waals surface area contributed by atoms with Crippen molar-refractivity contribution in [2.24, 2.45) is 13.0 Å². The van der Waals surface area contributed by atoms with Gasteiger partial charge in [-0.1, -0.05) is 20.8 Å². The first-order valence-corrected chi connectivity index (χ1v) is 8.22. The summed E-state index contributed by atoms with van der Waals surface area (Å²) >= 11 is 0. The molecule has 2 N–H and O–H groups in total. The Labute approximate surface area is 132 Å². The van der Waals surface area contributed by atoms with E-state index < -0.39 is 6.10 Å². The first-order chi connectivity index (χ1) is 10.5. The Morgan fingerprint density at radius 3 is 2.73 bits per heavy atom. The van der Waals surface area contributed by atoms with E-state index in [0.717, 1.165) is 30.5 Å². The van der Waals surface area contributed by atoms with Crippen molar-refractivity contribution in [2.75, 3.05) is 13.1 Å². The Hall–Kier alpha value is -1.56. The molecule has 0 aromatic carbocycles. The molecule has 1 aliphatic heterocycles. The van der Waals surface area contributed by atoms with Crippen LogP contribution < -0.4 is 5.32 Å². The lowest BCUT2D eigenvalue weighted by atomic mass is 9.96. The third-order valence-electron chi connectivity index (χ3n) is 4.65. The molecule has 6 nitrogen and oxygen atoms in total. The summed E-state index contributed by atoms with van der Waals surface area (Å²) in [6, 6.07) is -0.0982. The largest absolute Gasteiger partial charge is 0.391 e. The van der Waals surface area contributed by atoms with Crippen LogP contribution in [0, 0.1) is 5.92 Å². The highest BCUT2D eigenvalue weighted by Crippen LogP contribution is 2.18. The zero-order chi connectivity index (χ0) is 16.3. The number of carbonyl (C=O) groups is 1. The number of amides is 2. The van der Waals surface area contributed by atoms with Crippen LogP contribution in [0.3, 0.4) is 0 Å². The molecule has 0 radical (unpaired) electrons. The Kier molecular flexibility index (Phi) is 5.45. The molecule has 2 amide bonds. The molecule has 2 atom stereocenters. The number of aryl methyl sites for hydroxylation is 2. The monoisotopic (exact) mass is 308 g/mol. The molecular formula is C16H28N4O2. The summed E-state index contributed by atoms with van der Waals surface area (Å²) in [4.78, 5) is 14.0. The molecular weight excluding hydrogens is 280 g/mol. The van der Waals surface area contributed by atoms with Gasteiger partial charge in [0, 0.05) is 37.9 Å². The summed E-state index contributed by atoms with van der Waals surface area (Å²) in [6.45, 7) is 7.83. The molecule has 1 fully saturated rings. The molecule has 1 saturated heterocycles. The van der Waals surface area contributed by atoms with Crippen molar-refractivity contribution < 1.29 is 9.90 Å². The molecule has 2 heterocycles. The summed E-state index contributed by atoms with van der Waals surface area (Å²) in [7, 11) is 1.95. The minimum Gasteiger partial charge on any atom is -0.391 e. The SMILES string of the molecule is CCc1nn(C)c(CC)c1CNC(=O)N1CCC(C)C(O)C1. The summed E-state index contributed by atoms with van der Waals surface area (Å²) in [5.74, 6) is 0.265. The van der Waals surface area contributed by atoms with E-state index in [0.29, 0.717) is 19.6 Å². The standard InChI is InChI=1S/C16H28N4O2/c1-5-13-12(14(6-2)19(4)18-13)9-17-16(22)20-8-7-11(3)15(21)10-20/h11,15,21H,5-10H2,1-4H3,(H,17,22). The lowest BCUT2D eigenvalue weighted by molar-refractivity contribution is 0.0435. The first-order valence-electron chi connectivity index (χ1n) is 8.22. The number of piperidine rings is 1. The number of aliphatic hydroxyl groups is 1. The molecule has 1 aliphatic rings. The molecule has 0 saturated carbocycles. The molecule has 1 aromatic heterocycles. The van der Waals surface area contributed by atoms with Gasteiger partial charge in [-0.2, -0.15) is 5.10 Å². The maximum Gasteiger partial charge on any atom is 0.317 e. The number of urea groups is 1. The van der Waals surface area contributed by atoms with E-state index in [1.807, 2.05) is 18.7 Å². The fourth-order valence-electron chi connectivity index (χ4n) is 3.10. The van der Waals surface area contributed by atoms with Gasteiger partial charge in [-0.25, -0.2) is 4.79 Å². The predicted octanol–water partition coefficient (Wildman–Crippen LogP) is 1.46. The van der Waals surface area contributed by atoms with E-state index in [2.05, 4.69) is 24.3 Å². The number of carbonyl (C=O) groups excluding carboxylic acids is 1. The average Bonchev–Trinajstić information content (AvgIpc) is 2.82. The van der Waals surface area contributed by atoms with Gasteiger partial charge >= 0.3 is 6.03 Å². The van der Waals surface area contributed by atoms with E-state index in [9.17, 15) is 9.90 Å². The van der Waals surface area contributed by atoms with Crippen LogP contribution in [0.1, 0.15) is 44.1 Å². The van der Waals surface area contributed by atoms with E-state index in [1.165, 1.54) is 5.69 Å². The quantitative estimate of drug-likeness (QED) is 0.884. The summed E-state index contributed by atoms with van der Waals surface area (Å²) < 4.78 is 1.91. The van der Waals surface area contributed by atoms with Crippen molar-refractivity contribution in [1.82, 2.24) is 20.0 Å². The zero-order valence-corrected chi connectivity index (χ0v) is 14.1. The first kappa shape index (κ1) is 16.8. The number of aromatic nitrogens is 2. The average molecular weight is 308 g/mol. The summed E-state index contributed by atoms with van der Waals surface area (Å²) in [5, 5.41) is 17.4. The van der Waals surface area contributed by atoms with Gasteiger partial charge in [0.05, 0.1) is 11.8 Å². The van der Waals surface area contributed by atoms with Crippen molar-refractivity contribution in [3.05, 3.63) is 17.0 Å². The predicted molar refractivity (Wildman–Crippen MR) is 85.6 cm³/mol. The molecule has 2 unspecified atom stereocenters.